The number of epoxide rings is 2. The largest absolute Gasteiger partial charge is 0.455 e. The molecule has 144 valence electrons. The fraction of sp³-hybridized carbons (Fsp3) is 1.00. The van der Waals surface area contributed by atoms with Crippen LogP contribution in [0.2, 0.25) is 37.3 Å². The third-order valence-electron chi connectivity index (χ3n) is 8.22. The van der Waals surface area contributed by atoms with Gasteiger partial charge in [0.2, 0.25) is 0 Å². The Morgan fingerprint density at radius 3 is 1.44 bits per heavy atom. The van der Waals surface area contributed by atoms with Crippen LogP contribution in [0.1, 0.15) is 52.4 Å². The molecule has 0 unspecified atom stereocenters. The van der Waals surface area contributed by atoms with Crippen molar-refractivity contribution in [2.75, 3.05) is 0 Å². The number of fused-ring (bicyclic) bond motifs is 2. The van der Waals surface area contributed by atoms with Crippen molar-refractivity contribution in [3.63, 3.8) is 0 Å². The Balaban J connectivity index is 1.37. The number of ether oxygens (including phenoxy) is 2. The van der Waals surface area contributed by atoms with Crippen LogP contribution in [0.5, 0.6) is 0 Å². The lowest BCUT2D eigenvalue weighted by Gasteiger charge is -2.45. The molecule has 0 aromatic carbocycles. The van der Waals surface area contributed by atoms with E-state index in [1.54, 1.807) is 0 Å². The average Bonchev–Trinajstić information content (AvgIpc) is 3.43. The van der Waals surface area contributed by atoms with Gasteiger partial charge in [-0.1, -0.05) is 13.8 Å². The molecule has 0 spiro atoms. The molecule has 5 heteroatoms. The molecule has 0 amide bonds. The van der Waals surface area contributed by atoms with Gasteiger partial charge in [-0.3, -0.25) is 0 Å². The molecule has 4 fully saturated rings. The Morgan fingerprint density at radius 1 is 0.680 bits per heavy atom. The highest BCUT2D eigenvalue weighted by Gasteiger charge is 2.51. The maximum atomic E-state index is 7.15. The van der Waals surface area contributed by atoms with Crippen LogP contribution in [0.25, 0.3) is 0 Å². The van der Waals surface area contributed by atoms with Gasteiger partial charge in [-0.25, -0.2) is 0 Å². The number of hydrogen-bond donors (Lipinski definition) is 0. The fourth-order valence-corrected chi connectivity index (χ4v) is 15.6. The molecule has 0 bridgehead atoms. The predicted molar refractivity (Wildman–Crippen MR) is 107 cm³/mol. The first kappa shape index (κ1) is 18.7. The molecule has 4 aliphatic rings. The third-order valence-corrected chi connectivity index (χ3v) is 17.8. The fourth-order valence-electron chi connectivity index (χ4n) is 5.78. The topological polar surface area (TPSA) is 34.3 Å². The molecule has 2 heterocycles. The van der Waals surface area contributed by atoms with Gasteiger partial charge >= 0.3 is 0 Å². The van der Waals surface area contributed by atoms with Gasteiger partial charge in [-0.15, -0.1) is 0 Å². The van der Waals surface area contributed by atoms with Crippen LogP contribution in [-0.4, -0.2) is 41.1 Å². The maximum absolute atomic E-state index is 7.15. The highest BCUT2D eigenvalue weighted by molar-refractivity contribution is 6.86. The summed E-state index contributed by atoms with van der Waals surface area (Å²) in [7, 11) is -3.40. The van der Waals surface area contributed by atoms with Crippen molar-refractivity contribution in [3.8, 4) is 0 Å². The van der Waals surface area contributed by atoms with Crippen molar-refractivity contribution < 1.29 is 13.6 Å². The highest BCUT2D eigenvalue weighted by atomic mass is 28.4. The summed E-state index contributed by atoms with van der Waals surface area (Å²) in [5.41, 5.74) is 1.47. The van der Waals surface area contributed by atoms with E-state index >= 15 is 0 Å². The monoisotopic (exact) mass is 382 g/mol. The van der Waals surface area contributed by atoms with Crippen LogP contribution in [0, 0.1) is 11.8 Å². The highest BCUT2D eigenvalue weighted by Crippen LogP contribution is 2.50. The minimum absolute atomic E-state index is 0.587. The van der Waals surface area contributed by atoms with Gasteiger partial charge in [0.25, 0.3) is 0 Å². The van der Waals surface area contributed by atoms with E-state index in [0.29, 0.717) is 24.4 Å². The van der Waals surface area contributed by atoms with Crippen LogP contribution in [0.4, 0.5) is 0 Å². The molecule has 0 radical (unpaired) electrons. The summed E-state index contributed by atoms with van der Waals surface area (Å²) in [5.74, 6) is 1.64. The van der Waals surface area contributed by atoms with Crippen molar-refractivity contribution in [1.29, 1.82) is 0 Å². The van der Waals surface area contributed by atoms with E-state index in [2.05, 4.69) is 40.0 Å². The summed E-state index contributed by atoms with van der Waals surface area (Å²) < 4.78 is 18.7. The van der Waals surface area contributed by atoms with Crippen molar-refractivity contribution in [1.82, 2.24) is 0 Å². The molecule has 4 rings (SSSR count). The lowest BCUT2D eigenvalue weighted by molar-refractivity contribution is 0.329. The van der Waals surface area contributed by atoms with Crippen LogP contribution in [0.15, 0.2) is 0 Å². The average molecular weight is 383 g/mol. The number of hydrogen-bond acceptors (Lipinski definition) is 3. The Morgan fingerprint density at radius 2 is 1.08 bits per heavy atom. The summed E-state index contributed by atoms with van der Waals surface area (Å²) in [4.78, 5) is 0. The molecule has 0 aromatic rings. The molecule has 2 saturated carbocycles. The zero-order valence-corrected chi connectivity index (χ0v) is 19.1. The van der Waals surface area contributed by atoms with Gasteiger partial charge in [0.1, 0.15) is 0 Å². The van der Waals surface area contributed by atoms with E-state index in [9.17, 15) is 0 Å². The van der Waals surface area contributed by atoms with Crippen LogP contribution in [-0.2, 0) is 13.6 Å². The van der Waals surface area contributed by atoms with E-state index in [1.807, 2.05) is 0 Å². The van der Waals surface area contributed by atoms with Gasteiger partial charge in [0, 0.05) is 0 Å². The zero-order chi connectivity index (χ0) is 18.0. The first-order chi connectivity index (χ1) is 11.7. The van der Waals surface area contributed by atoms with Gasteiger partial charge in [-0.05, 0) is 87.6 Å². The second-order valence-corrected chi connectivity index (χ2v) is 19.5. The molecular formula is C20H38O3Si2. The number of rotatable bonds is 6. The minimum atomic E-state index is -1.70. The molecule has 0 N–H and O–H groups in total. The van der Waals surface area contributed by atoms with E-state index in [1.165, 1.54) is 38.5 Å². The minimum Gasteiger partial charge on any atom is -0.455 e. The van der Waals surface area contributed by atoms with Crippen molar-refractivity contribution >= 4 is 16.6 Å². The summed E-state index contributed by atoms with van der Waals surface area (Å²) in [6, 6.07) is 0. The second kappa shape index (κ2) is 6.44. The van der Waals surface area contributed by atoms with Crippen molar-refractivity contribution in [2.45, 2.75) is 114 Å². The van der Waals surface area contributed by atoms with Crippen molar-refractivity contribution in [3.05, 3.63) is 0 Å². The lowest BCUT2D eigenvalue weighted by Crippen LogP contribution is -2.52. The molecule has 25 heavy (non-hydrogen) atoms. The normalized spacial score (nSPS) is 43.0. The second-order valence-electron chi connectivity index (χ2n) is 10.5. The van der Waals surface area contributed by atoms with E-state index in [-0.39, 0.29) is 0 Å². The van der Waals surface area contributed by atoms with Crippen molar-refractivity contribution in [2.24, 2.45) is 11.8 Å². The van der Waals surface area contributed by atoms with E-state index in [4.69, 9.17) is 13.6 Å². The molecule has 0 aromatic heterocycles. The van der Waals surface area contributed by atoms with Crippen LogP contribution < -0.4 is 0 Å². The quantitative estimate of drug-likeness (QED) is 0.460. The first-order valence-corrected chi connectivity index (χ1v) is 16.7. The first-order valence-electron chi connectivity index (χ1n) is 10.7. The standard InChI is InChI=1S/C20H38O3Si2/c1-13(15-7-9-17-19(11-15)21-17)24(3,4)23-25(5,6)14(2)16-8-10-18-20(12-16)22-18/h13-20H,7-12H2,1-6H3/t13-,14+,15-,16-,17-,18-,19-,20-/m1/s1. The summed E-state index contributed by atoms with van der Waals surface area (Å²) >= 11 is 0. The lowest BCUT2D eigenvalue weighted by atomic mass is 9.87. The smallest absolute Gasteiger partial charge is 0.176 e. The van der Waals surface area contributed by atoms with Gasteiger partial charge < -0.3 is 13.6 Å². The van der Waals surface area contributed by atoms with Gasteiger partial charge in [-0.2, -0.15) is 0 Å². The molecule has 2 saturated heterocycles. The zero-order valence-electron chi connectivity index (χ0n) is 17.1. The molecule has 2 aliphatic carbocycles. The van der Waals surface area contributed by atoms with E-state index in [0.717, 1.165) is 22.9 Å². The Labute approximate surface area is 156 Å². The van der Waals surface area contributed by atoms with Crippen LogP contribution in [0.3, 0.4) is 0 Å². The molecule has 3 nitrogen and oxygen atoms in total. The van der Waals surface area contributed by atoms with Gasteiger partial charge in [0.15, 0.2) is 16.6 Å². The molecular weight excluding hydrogens is 344 g/mol. The van der Waals surface area contributed by atoms with Crippen LogP contribution >= 0.6 is 0 Å². The third kappa shape index (κ3) is 3.82. The Hall–Kier alpha value is 0.314. The maximum Gasteiger partial charge on any atom is 0.176 e. The summed E-state index contributed by atoms with van der Waals surface area (Å²) in [6.45, 7) is 14.9. The Kier molecular flexibility index (Phi) is 4.81. The summed E-state index contributed by atoms with van der Waals surface area (Å²) in [6.07, 6.45) is 10.2. The predicted octanol–water partition coefficient (Wildman–Crippen LogP) is 5.33. The Bertz CT molecular complexity index is 465. The SMILES string of the molecule is C[C@H]([C@@H]1CC[C@H]2O[C@@H]2C1)[Si](C)(C)O[Si](C)(C)[C@@H](C)[C@@H]1CC[C@H]2O[C@@H]2C1. The molecule has 2 aliphatic heterocycles. The summed E-state index contributed by atoms with van der Waals surface area (Å²) in [5, 5.41) is 0. The molecule has 8 atom stereocenters. The van der Waals surface area contributed by atoms with Gasteiger partial charge in [0.05, 0.1) is 24.4 Å². The van der Waals surface area contributed by atoms with E-state index < -0.39 is 16.6 Å².